The molecule has 1 fully saturated rings. The minimum absolute atomic E-state index is 0.150. The Morgan fingerprint density at radius 3 is 2.35 bits per heavy atom. The van der Waals surface area contributed by atoms with Crippen LogP contribution in [0, 0.1) is 34.3 Å². The van der Waals surface area contributed by atoms with E-state index < -0.39 is 46.1 Å². The van der Waals surface area contributed by atoms with E-state index in [1.807, 2.05) is 6.07 Å². The van der Waals surface area contributed by atoms with Gasteiger partial charge in [-0.15, -0.1) is 0 Å². The molecule has 0 saturated carbocycles. The Bertz CT molecular complexity index is 1260. The molecule has 1 saturated heterocycles. The maximum absolute atomic E-state index is 15.0. The van der Waals surface area contributed by atoms with Gasteiger partial charge in [-0.1, -0.05) is 6.07 Å². The Balaban J connectivity index is 2.07. The van der Waals surface area contributed by atoms with Crippen LogP contribution in [0.25, 0.3) is 0 Å². The molecule has 1 aliphatic heterocycles. The zero-order valence-electron chi connectivity index (χ0n) is 18.0. The molecule has 1 heterocycles. The number of carbonyl (C=O) groups excluding carboxylic acids is 1. The first-order valence-corrected chi connectivity index (χ1v) is 10.4. The summed E-state index contributed by atoms with van der Waals surface area (Å²) >= 11 is 5.33. The molecule has 0 radical (unpaired) electrons. The van der Waals surface area contributed by atoms with Crippen LogP contribution < -0.4 is 9.80 Å². The molecule has 2 aromatic rings. The lowest BCUT2D eigenvalue weighted by Crippen LogP contribution is -2.44. The highest BCUT2D eigenvalue weighted by Crippen LogP contribution is 2.42. The lowest BCUT2D eigenvalue weighted by molar-refractivity contribution is -0.140. The van der Waals surface area contributed by atoms with E-state index in [0.717, 1.165) is 18.2 Å². The largest absolute Gasteiger partial charge is 0.420 e. The lowest BCUT2D eigenvalue weighted by Gasteiger charge is -2.29. The number of hydrogen-bond donors (Lipinski definition) is 0. The van der Waals surface area contributed by atoms with Crippen LogP contribution in [0.5, 0.6) is 0 Å². The SMILES string of the molecule is CC1(C)C(=O)N(c2ccc(C#N)c(C(F)(F)F)c2F)C(=S)N1c1ccc(CCCC#N)c(F)c1. The zero-order chi connectivity index (χ0) is 25.4. The first-order chi connectivity index (χ1) is 15.9. The average Bonchev–Trinajstić information content (AvgIpc) is 2.92. The average molecular weight is 492 g/mol. The highest BCUT2D eigenvalue weighted by atomic mass is 32.1. The van der Waals surface area contributed by atoms with Gasteiger partial charge in [0.1, 0.15) is 16.9 Å². The van der Waals surface area contributed by atoms with E-state index >= 15 is 4.39 Å². The van der Waals surface area contributed by atoms with Crippen molar-refractivity contribution < 1.29 is 26.7 Å². The van der Waals surface area contributed by atoms with E-state index in [-0.39, 0.29) is 17.2 Å². The highest BCUT2D eigenvalue weighted by Gasteiger charge is 2.52. The van der Waals surface area contributed by atoms with Crippen molar-refractivity contribution in [2.75, 3.05) is 9.80 Å². The number of hydrogen-bond acceptors (Lipinski definition) is 4. The van der Waals surface area contributed by atoms with Crippen molar-refractivity contribution in [3.8, 4) is 12.1 Å². The van der Waals surface area contributed by atoms with Gasteiger partial charge in [0.25, 0.3) is 5.91 Å². The van der Waals surface area contributed by atoms with Gasteiger partial charge in [0.15, 0.2) is 10.9 Å². The van der Waals surface area contributed by atoms with E-state index in [1.165, 1.54) is 36.9 Å². The molecule has 0 unspecified atom stereocenters. The van der Waals surface area contributed by atoms with E-state index in [0.29, 0.717) is 23.3 Å². The van der Waals surface area contributed by atoms with E-state index in [2.05, 4.69) is 0 Å². The van der Waals surface area contributed by atoms with E-state index in [1.54, 1.807) is 0 Å². The number of anilines is 2. The summed E-state index contributed by atoms with van der Waals surface area (Å²) in [6.07, 6.45) is -4.17. The molecule has 0 N–H and O–H groups in total. The van der Waals surface area contributed by atoms with Crippen molar-refractivity contribution in [2.24, 2.45) is 0 Å². The number of rotatable bonds is 5. The molecule has 1 amide bonds. The number of unbranched alkanes of at least 4 members (excludes halogenated alkanes) is 1. The van der Waals surface area contributed by atoms with Crippen LogP contribution in [0.1, 0.15) is 43.4 Å². The fourth-order valence-corrected chi connectivity index (χ4v) is 4.30. The number of alkyl halides is 3. The predicted molar refractivity (Wildman–Crippen MR) is 118 cm³/mol. The van der Waals surface area contributed by atoms with E-state index in [9.17, 15) is 22.4 Å². The number of amides is 1. The molecule has 0 aromatic heterocycles. The first-order valence-electron chi connectivity index (χ1n) is 10.00. The van der Waals surface area contributed by atoms with Gasteiger partial charge >= 0.3 is 6.18 Å². The Labute approximate surface area is 197 Å². The number of nitriles is 2. The molecule has 0 spiro atoms. The van der Waals surface area contributed by atoms with Crippen molar-refractivity contribution >= 4 is 34.6 Å². The van der Waals surface area contributed by atoms with E-state index in [4.69, 9.17) is 22.7 Å². The zero-order valence-corrected chi connectivity index (χ0v) is 18.8. The van der Waals surface area contributed by atoms with Gasteiger partial charge in [-0.3, -0.25) is 9.69 Å². The molecule has 1 aliphatic rings. The van der Waals surface area contributed by atoms with Gasteiger partial charge in [-0.05, 0) is 68.7 Å². The van der Waals surface area contributed by atoms with Crippen molar-refractivity contribution in [3.63, 3.8) is 0 Å². The summed E-state index contributed by atoms with van der Waals surface area (Å²) in [6, 6.07) is 9.01. The molecule has 0 bridgehead atoms. The predicted octanol–water partition coefficient (Wildman–Crippen LogP) is 5.62. The van der Waals surface area contributed by atoms with Gasteiger partial charge in [0.2, 0.25) is 0 Å². The standard InChI is InChI=1S/C23H17F5N4OS/c1-22(2)20(33)31(17-9-7-14(12-30)18(19(17)25)23(26,27)28)21(34)32(22)15-8-6-13(16(24)11-15)5-3-4-10-29/h6-9,11H,3-5H2,1-2H3. The van der Waals surface area contributed by atoms with Crippen LogP contribution in [-0.2, 0) is 17.4 Å². The molecule has 0 atom stereocenters. The monoisotopic (exact) mass is 492 g/mol. The third-order valence-corrected chi connectivity index (χ3v) is 5.83. The summed E-state index contributed by atoms with van der Waals surface area (Å²) in [5.74, 6) is -3.24. The maximum atomic E-state index is 15.0. The quantitative estimate of drug-likeness (QED) is 0.308. The van der Waals surface area contributed by atoms with Crippen LogP contribution >= 0.6 is 12.2 Å². The van der Waals surface area contributed by atoms with Crippen molar-refractivity contribution in [2.45, 2.75) is 44.8 Å². The second-order valence-electron chi connectivity index (χ2n) is 8.04. The summed E-state index contributed by atoms with van der Waals surface area (Å²) < 4.78 is 70.1. The number of carbonyl (C=O) groups is 1. The number of aryl methyl sites for hydroxylation is 1. The molecule has 0 aliphatic carbocycles. The second kappa shape index (κ2) is 8.99. The fourth-order valence-electron chi connectivity index (χ4n) is 3.78. The summed E-state index contributed by atoms with van der Waals surface area (Å²) in [5.41, 5.74) is -4.48. The highest BCUT2D eigenvalue weighted by molar-refractivity contribution is 7.81. The third-order valence-electron chi connectivity index (χ3n) is 5.46. The van der Waals surface area contributed by atoms with Crippen LogP contribution in [0.3, 0.4) is 0 Å². The van der Waals surface area contributed by atoms with Gasteiger partial charge in [0, 0.05) is 12.1 Å². The van der Waals surface area contributed by atoms with Crippen molar-refractivity contribution in [1.82, 2.24) is 0 Å². The molecular weight excluding hydrogens is 475 g/mol. The molecule has 3 rings (SSSR count). The molecule has 5 nitrogen and oxygen atoms in total. The Kier molecular flexibility index (Phi) is 6.63. The van der Waals surface area contributed by atoms with Crippen molar-refractivity contribution in [3.05, 3.63) is 58.7 Å². The lowest BCUT2D eigenvalue weighted by atomic mass is 10.0. The number of nitrogens with zero attached hydrogens (tertiary/aromatic N) is 4. The number of halogens is 5. The van der Waals surface area contributed by atoms with Crippen LogP contribution in [0.2, 0.25) is 0 Å². The Morgan fingerprint density at radius 1 is 1.12 bits per heavy atom. The summed E-state index contributed by atoms with van der Waals surface area (Å²) in [5, 5.41) is 17.3. The summed E-state index contributed by atoms with van der Waals surface area (Å²) in [6.45, 7) is 2.85. The number of thiocarbonyl (C=S) groups is 1. The number of benzene rings is 2. The molecular formula is C23H17F5N4OS. The topological polar surface area (TPSA) is 71.1 Å². The maximum Gasteiger partial charge on any atom is 0.420 e. The third kappa shape index (κ3) is 4.19. The van der Waals surface area contributed by atoms with Crippen LogP contribution in [0.4, 0.5) is 33.3 Å². The fraction of sp³-hybridized carbons (Fsp3) is 0.304. The summed E-state index contributed by atoms with van der Waals surface area (Å²) in [4.78, 5) is 15.0. The van der Waals surface area contributed by atoms with Gasteiger partial charge in [-0.25, -0.2) is 8.78 Å². The Hall–Kier alpha value is -3.57. The molecule has 2 aromatic carbocycles. The smallest absolute Gasteiger partial charge is 0.303 e. The molecule has 34 heavy (non-hydrogen) atoms. The van der Waals surface area contributed by atoms with Crippen molar-refractivity contribution in [1.29, 1.82) is 10.5 Å². The van der Waals surface area contributed by atoms with Crippen LogP contribution in [0.15, 0.2) is 30.3 Å². The van der Waals surface area contributed by atoms with Gasteiger partial charge in [-0.2, -0.15) is 23.7 Å². The second-order valence-corrected chi connectivity index (χ2v) is 8.40. The van der Waals surface area contributed by atoms with Crippen LogP contribution in [-0.4, -0.2) is 16.6 Å². The molecule has 176 valence electrons. The summed E-state index contributed by atoms with van der Waals surface area (Å²) in [7, 11) is 0. The minimum atomic E-state index is -5.19. The molecule has 11 heteroatoms. The minimum Gasteiger partial charge on any atom is -0.303 e. The first kappa shape index (κ1) is 25.1. The normalized spacial score (nSPS) is 15.4. The van der Waals surface area contributed by atoms with Gasteiger partial charge < -0.3 is 4.90 Å². The van der Waals surface area contributed by atoms with Gasteiger partial charge in [0.05, 0.1) is 23.4 Å². The Morgan fingerprint density at radius 2 is 1.79 bits per heavy atom.